The van der Waals surface area contributed by atoms with Crippen molar-refractivity contribution in [1.29, 1.82) is 0 Å². The number of fused-ring (bicyclic) bond motifs is 2. The molecule has 6 heteroatoms. The van der Waals surface area contributed by atoms with Gasteiger partial charge in [-0.2, -0.15) is 0 Å². The molecule has 3 heterocycles. The molecule has 0 aliphatic carbocycles. The van der Waals surface area contributed by atoms with Crippen molar-refractivity contribution in [1.82, 2.24) is 15.6 Å². The molecule has 2 bridgehead atoms. The van der Waals surface area contributed by atoms with E-state index in [1.807, 2.05) is 0 Å². The second-order valence-corrected chi connectivity index (χ2v) is 6.90. The van der Waals surface area contributed by atoms with E-state index in [-0.39, 0.29) is 17.8 Å². The minimum atomic E-state index is -0.318. The molecule has 2 aromatic rings. The van der Waals surface area contributed by atoms with E-state index in [1.165, 1.54) is 30.0 Å². The van der Waals surface area contributed by atoms with Crippen molar-refractivity contribution < 1.29 is 9.18 Å². The van der Waals surface area contributed by atoms with Crippen LogP contribution in [0, 0.1) is 5.82 Å². The number of nitrogens with one attached hydrogen (secondary N) is 2. The fourth-order valence-corrected chi connectivity index (χ4v) is 4.21. The van der Waals surface area contributed by atoms with Crippen molar-refractivity contribution in [3.05, 3.63) is 41.2 Å². The second-order valence-electron chi connectivity index (χ2n) is 5.87. The number of nitrogens with zero attached hydrogens (tertiary/aromatic N) is 1. The summed E-state index contributed by atoms with van der Waals surface area (Å²) in [7, 11) is 0. The predicted octanol–water partition coefficient (Wildman–Crippen LogP) is 2.57. The smallest absolute Gasteiger partial charge is 0.263 e. The lowest BCUT2D eigenvalue weighted by Crippen LogP contribution is -2.42. The van der Waals surface area contributed by atoms with Gasteiger partial charge in [0.2, 0.25) is 0 Å². The maximum atomic E-state index is 13.8. The van der Waals surface area contributed by atoms with Crippen LogP contribution in [-0.2, 0) is 0 Å². The first kappa shape index (κ1) is 13.8. The minimum Gasteiger partial charge on any atom is -0.347 e. The summed E-state index contributed by atoms with van der Waals surface area (Å²) in [6, 6.07) is 7.62. The first-order valence-electron chi connectivity index (χ1n) is 7.48. The topological polar surface area (TPSA) is 54.0 Å². The van der Waals surface area contributed by atoms with Gasteiger partial charge < -0.3 is 10.6 Å². The van der Waals surface area contributed by atoms with Gasteiger partial charge in [0.25, 0.3) is 5.91 Å². The number of aromatic nitrogens is 1. The lowest BCUT2D eigenvalue weighted by atomic mass is 9.95. The Kier molecular flexibility index (Phi) is 3.43. The average Bonchev–Trinajstić information content (AvgIpc) is 3.24. The second kappa shape index (κ2) is 5.44. The van der Waals surface area contributed by atoms with Crippen LogP contribution in [0.3, 0.4) is 0 Å². The van der Waals surface area contributed by atoms with Crippen LogP contribution < -0.4 is 10.6 Å². The van der Waals surface area contributed by atoms with Crippen LogP contribution in [0.1, 0.15) is 28.9 Å². The number of benzene rings is 1. The van der Waals surface area contributed by atoms with Crippen molar-refractivity contribution >= 4 is 17.2 Å². The summed E-state index contributed by atoms with van der Waals surface area (Å²) in [6.45, 7) is 0. The molecule has 0 spiro atoms. The van der Waals surface area contributed by atoms with Gasteiger partial charge in [-0.1, -0.05) is 12.1 Å². The molecule has 3 atom stereocenters. The normalized spacial score (nSPS) is 26.3. The molecule has 2 aliphatic heterocycles. The molecule has 4 nitrogen and oxygen atoms in total. The summed E-state index contributed by atoms with van der Waals surface area (Å²) in [5, 5.41) is 7.11. The molecule has 22 heavy (non-hydrogen) atoms. The van der Waals surface area contributed by atoms with E-state index in [2.05, 4.69) is 15.6 Å². The lowest BCUT2D eigenvalue weighted by Gasteiger charge is -2.20. The summed E-state index contributed by atoms with van der Waals surface area (Å²) in [6.07, 6.45) is 4.85. The Hall–Kier alpha value is -1.79. The Balaban J connectivity index is 1.49. The Morgan fingerprint density at radius 3 is 2.95 bits per heavy atom. The predicted molar refractivity (Wildman–Crippen MR) is 83.3 cm³/mol. The highest BCUT2D eigenvalue weighted by atomic mass is 32.1. The first-order valence-corrected chi connectivity index (χ1v) is 8.30. The van der Waals surface area contributed by atoms with Crippen molar-refractivity contribution in [2.24, 2.45) is 0 Å². The third-order valence-electron chi connectivity index (χ3n) is 4.45. The molecule has 2 aliphatic rings. The lowest BCUT2D eigenvalue weighted by molar-refractivity contribution is 0.0935. The van der Waals surface area contributed by atoms with Crippen LogP contribution in [0.5, 0.6) is 0 Å². The summed E-state index contributed by atoms with van der Waals surface area (Å²) in [5.41, 5.74) is 0.438. The van der Waals surface area contributed by atoms with Gasteiger partial charge >= 0.3 is 0 Å². The van der Waals surface area contributed by atoms with Crippen LogP contribution in [0.4, 0.5) is 4.39 Å². The molecule has 1 aromatic heterocycles. The van der Waals surface area contributed by atoms with E-state index >= 15 is 0 Å². The van der Waals surface area contributed by atoms with Crippen LogP contribution in [0.15, 0.2) is 30.5 Å². The maximum absolute atomic E-state index is 13.8. The zero-order chi connectivity index (χ0) is 15.1. The van der Waals surface area contributed by atoms with Crippen molar-refractivity contribution in [2.45, 2.75) is 37.4 Å². The molecule has 2 fully saturated rings. The quantitative estimate of drug-likeness (QED) is 0.915. The molecule has 2 saturated heterocycles. The number of carbonyl (C=O) groups excluding carboxylic acids is 1. The van der Waals surface area contributed by atoms with Gasteiger partial charge in [0.15, 0.2) is 0 Å². The van der Waals surface area contributed by atoms with E-state index in [9.17, 15) is 9.18 Å². The van der Waals surface area contributed by atoms with Crippen molar-refractivity contribution in [3.8, 4) is 10.6 Å². The highest BCUT2D eigenvalue weighted by Gasteiger charge is 2.39. The molecule has 114 valence electrons. The molecule has 4 rings (SSSR count). The molecule has 0 saturated carbocycles. The number of rotatable bonds is 3. The van der Waals surface area contributed by atoms with E-state index in [0.29, 0.717) is 27.5 Å². The van der Waals surface area contributed by atoms with E-state index < -0.39 is 0 Å². The number of hydrogen-bond donors (Lipinski definition) is 2. The monoisotopic (exact) mass is 317 g/mol. The molecule has 1 aromatic carbocycles. The van der Waals surface area contributed by atoms with Gasteiger partial charge in [-0.25, -0.2) is 9.37 Å². The highest BCUT2D eigenvalue weighted by Crippen LogP contribution is 2.30. The summed E-state index contributed by atoms with van der Waals surface area (Å²) in [4.78, 5) is 17.1. The van der Waals surface area contributed by atoms with Crippen LogP contribution >= 0.6 is 11.3 Å². The maximum Gasteiger partial charge on any atom is 0.263 e. The van der Waals surface area contributed by atoms with Gasteiger partial charge in [0.05, 0.1) is 6.20 Å². The Bertz CT molecular complexity index is 717. The number of hydrogen-bond acceptors (Lipinski definition) is 4. The summed E-state index contributed by atoms with van der Waals surface area (Å²) >= 11 is 1.23. The number of thiazole rings is 1. The molecule has 2 unspecified atom stereocenters. The zero-order valence-corrected chi connectivity index (χ0v) is 12.7. The number of halogens is 1. The average molecular weight is 317 g/mol. The van der Waals surface area contributed by atoms with Gasteiger partial charge in [-0.3, -0.25) is 4.79 Å². The van der Waals surface area contributed by atoms with E-state index in [1.54, 1.807) is 18.2 Å². The van der Waals surface area contributed by atoms with E-state index in [4.69, 9.17) is 0 Å². The van der Waals surface area contributed by atoms with Crippen molar-refractivity contribution in [2.75, 3.05) is 0 Å². The van der Waals surface area contributed by atoms with Crippen molar-refractivity contribution in [3.63, 3.8) is 0 Å². The highest BCUT2D eigenvalue weighted by molar-refractivity contribution is 7.16. The van der Waals surface area contributed by atoms with Crippen LogP contribution in [-0.4, -0.2) is 29.0 Å². The number of amides is 1. The fourth-order valence-electron chi connectivity index (χ4n) is 3.36. The van der Waals surface area contributed by atoms with E-state index in [0.717, 1.165) is 12.8 Å². The largest absolute Gasteiger partial charge is 0.347 e. The third kappa shape index (κ3) is 2.42. The molecular formula is C16H16FN3OS. The molecular weight excluding hydrogens is 301 g/mol. The molecule has 2 N–H and O–H groups in total. The van der Waals surface area contributed by atoms with Gasteiger partial charge in [-0.05, 0) is 31.4 Å². The van der Waals surface area contributed by atoms with Gasteiger partial charge in [-0.15, -0.1) is 11.3 Å². The van der Waals surface area contributed by atoms with Gasteiger partial charge in [0, 0.05) is 23.7 Å². The summed E-state index contributed by atoms with van der Waals surface area (Å²) < 4.78 is 13.8. The summed E-state index contributed by atoms with van der Waals surface area (Å²) in [5.74, 6) is -0.430. The minimum absolute atomic E-state index is 0.112. The Morgan fingerprint density at radius 1 is 1.36 bits per heavy atom. The third-order valence-corrected chi connectivity index (χ3v) is 5.48. The Labute approximate surface area is 131 Å². The zero-order valence-electron chi connectivity index (χ0n) is 11.9. The van der Waals surface area contributed by atoms with Crippen LogP contribution in [0.2, 0.25) is 0 Å². The molecule has 0 radical (unpaired) electrons. The standard InChI is InChI=1S/C16H16FN3OS/c17-11-4-2-1-3-10(11)16-18-8-14(22-16)15(21)20-13-7-9-5-6-12(13)19-9/h1-4,8-9,12-13,19H,5-7H2,(H,20,21)/t9?,12?,13-/m1/s1. The Morgan fingerprint density at radius 2 is 2.23 bits per heavy atom. The molecule has 1 amide bonds. The fraction of sp³-hybridized carbons (Fsp3) is 0.375. The number of carbonyl (C=O) groups is 1. The SMILES string of the molecule is O=C(N[C@@H]1CC2CCC1N2)c1cnc(-c2ccccc2F)s1. The first-order chi connectivity index (χ1) is 10.7. The van der Waals surface area contributed by atoms with Gasteiger partial charge in [0.1, 0.15) is 15.7 Å². The van der Waals surface area contributed by atoms with Crippen LogP contribution in [0.25, 0.3) is 10.6 Å².